The molecule has 2 aromatic heterocycles. The van der Waals surface area contributed by atoms with E-state index in [0.717, 1.165) is 33.5 Å². The molecule has 1 aliphatic rings. The smallest absolute Gasteiger partial charge is 0.341 e. The number of carbonyl (C=O) groups excluding carboxylic acids is 3. The Balaban J connectivity index is 1.51. The number of hydrogen-bond acceptors (Lipinski definition) is 9. The predicted octanol–water partition coefficient (Wildman–Crippen LogP) is 3.85. The fourth-order valence-corrected chi connectivity index (χ4v) is 8.31. The lowest BCUT2D eigenvalue weighted by Crippen LogP contribution is -2.28. The lowest BCUT2D eigenvalue weighted by atomic mass is 9.88. The van der Waals surface area contributed by atoms with Crippen molar-refractivity contribution in [2.45, 2.75) is 39.7 Å². The molecule has 1 unspecified atom stereocenters. The van der Waals surface area contributed by atoms with Crippen LogP contribution in [0.15, 0.2) is 23.2 Å². The standard InChI is InChI=1S/C26H30ClN3O7S3/c1-4-37-25(33)23-17-7-5-15(2)11-19(17)38-24(23)28-21(31)13-40(34,35)14-22(32)29-26-30(9-10-36-3)18-8-6-16(27)12-20(18)39-26/h6,8,12,15H,4-5,7,9-11,13-14H2,1-3H3,(H,28,31). The number of aromatic nitrogens is 1. The van der Waals surface area contributed by atoms with E-state index in [1.54, 1.807) is 36.8 Å². The number of anilines is 1. The summed E-state index contributed by atoms with van der Waals surface area (Å²) >= 11 is 8.56. The molecular formula is C26H30ClN3O7S3. The molecule has 0 fully saturated rings. The first-order valence-electron chi connectivity index (χ1n) is 12.7. The van der Waals surface area contributed by atoms with Gasteiger partial charge in [0, 0.05) is 23.6 Å². The summed E-state index contributed by atoms with van der Waals surface area (Å²) in [4.78, 5) is 43.5. The van der Waals surface area contributed by atoms with Crippen LogP contribution in [-0.4, -0.2) is 62.6 Å². The minimum Gasteiger partial charge on any atom is -0.462 e. The normalized spacial score (nSPS) is 15.7. The lowest BCUT2D eigenvalue weighted by Gasteiger charge is -2.18. The number of halogens is 1. The van der Waals surface area contributed by atoms with Crippen molar-refractivity contribution in [1.82, 2.24) is 4.57 Å². The second-order valence-corrected chi connectivity index (χ2v) is 14.1. The third-order valence-electron chi connectivity index (χ3n) is 6.32. The zero-order valence-electron chi connectivity index (χ0n) is 22.3. The number of esters is 1. The van der Waals surface area contributed by atoms with Gasteiger partial charge in [-0.15, -0.1) is 11.3 Å². The van der Waals surface area contributed by atoms with Gasteiger partial charge in [-0.2, -0.15) is 4.99 Å². The van der Waals surface area contributed by atoms with E-state index in [1.807, 2.05) is 0 Å². The van der Waals surface area contributed by atoms with Crippen LogP contribution in [-0.2, 0) is 48.3 Å². The van der Waals surface area contributed by atoms with Gasteiger partial charge >= 0.3 is 5.97 Å². The molecule has 40 heavy (non-hydrogen) atoms. The van der Waals surface area contributed by atoms with E-state index in [-0.39, 0.29) is 17.2 Å². The maximum Gasteiger partial charge on any atom is 0.341 e. The number of methoxy groups -OCH3 is 1. The zero-order chi connectivity index (χ0) is 29.0. The highest BCUT2D eigenvalue weighted by atomic mass is 35.5. The molecule has 0 bridgehead atoms. The summed E-state index contributed by atoms with van der Waals surface area (Å²) in [5.41, 5.74) is 1.92. The van der Waals surface area contributed by atoms with Crippen LogP contribution in [0.3, 0.4) is 0 Å². The molecule has 0 aliphatic heterocycles. The summed E-state index contributed by atoms with van der Waals surface area (Å²) in [7, 11) is -2.61. The number of benzene rings is 1. The summed E-state index contributed by atoms with van der Waals surface area (Å²) in [5.74, 6) is -3.72. The van der Waals surface area contributed by atoms with Crippen molar-refractivity contribution >= 4 is 77.1 Å². The number of hydrogen-bond donors (Lipinski definition) is 1. The van der Waals surface area contributed by atoms with Crippen LogP contribution in [0.5, 0.6) is 0 Å². The fraction of sp³-hybridized carbons (Fsp3) is 0.462. The zero-order valence-corrected chi connectivity index (χ0v) is 25.5. The van der Waals surface area contributed by atoms with Crippen LogP contribution < -0.4 is 10.1 Å². The van der Waals surface area contributed by atoms with Gasteiger partial charge in [0.15, 0.2) is 14.6 Å². The number of amides is 2. The largest absolute Gasteiger partial charge is 0.462 e. The number of nitrogens with zero attached hydrogens (tertiary/aromatic N) is 2. The van der Waals surface area contributed by atoms with E-state index in [9.17, 15) is 22.8 Å². The van der Waals surface area contributed by atoms with Crippen LogP contribution in [0, 0.1) is 5.92 Å². The average Bonchev–Trinajstić information content (AvgIpc) is 3.37. The number of sulfone groups is 1. The summed E-state index contributed by atoms with van der Waals surface area (Å²) in [5, 5.41) is 3.38. The van der Waals surface area contributed by atoms with Crippen LogP contribution in [0.4, 0.5) is 5.00 Å². The average molecular weight is 628 g/mol. The van der Waals surface area contributed by atoms with Gasteiger partial charge in [-0.05, 0) is 55.9 Å². The van der Waals surface area contributed by atoms with E-state index in [1.165, 1.54) is 22.7 Å². The molecule has 1 aliphatic carbocycles. The summed E-state index contributed by atoms with van der Waals surface area (Å²) in [6.07, 6.45) is 2.35. The molecule has 0 saturated carbocycles. The first-order valence-corrected chi connectivity index (χ1v) is 16.5. The Hall–Kier alpha value is -2.58. The van der Waals surface area contributed by atoms with Crippen molar-refractivity contribution in [2.75, 3.05) is 37.1 Å². The molecule has 10 nitrogen and oxygen atoms in total. The Labute approximate surface area is 244 Å². The van der Waals surface area contributed by atoms with Gasteiger partial charge < -0.3 is 19.4 Å². The molecule has 0 saturated heterocycles. The maximum absolute atomic E-state index is 12.8. The molecule has 2 heterocycles. The number of nitrogens with one attached hydrogen (secondary N) is 1. The third-order valence-corrected chi connectivity index (χ3v) is 10.2. The third kappa shape index (κ3) is 7.19. The number of carbonyl (C=O) groups is 3. The first-order chi connectivity index (χ1) is 19.0. The van der Waals surface area contributed by atoms with E-state index >= 15 is 0 Å². The first kappa shape index (κ1) is 30.4. The van der Waals surface area contributed by atoms with E-state index in [2.05, 4.69) is 17.2 Å². The Morgan fingerprint density at radius 1 is 1.23 bits per heavy atom. The van der Waals surface area contributed by atoms with Gasteiger partial charge in [0.1, 0.15) is 16.5 Å². The molecule has 4 rings (SSSR count). The highest BCUT2D eigenvalue weighted by Crippen LogP contribution is 2.40. The van der Waals surface area contributed by atoms with Crippen LogP contribution in [0.1, 0.15) is 41.1 Å². The summed E-state index contributed by atoms with van der Waals surface area (Å²) in [6.45, 7) is 4.73. The topological polar surface area (TPSA) is 133 Å². The number of thiophene rings is 1. The molecule has 216 valence electrons. The minimum atomic E-state index is -4.16. The van der Waals surface area contributed by atoms with E-state index in [4.69, 9.17) is 21.1 Å². The molecule has 1 aromatic carbocycles. The van der Waals surface area contributed by atoms with Crippen molar-refractivity contribution in [1.29, 1.82) is 0 Å². The summed E-state index contributed by atoms with van der Waals surface area (Å²) in [6, 6.07) is 5.25. The molecule has 3 aromatic rings. The SMILES string of the molecule is CCOC(=O)c1c(NC(=O)CS(=O)(=O)CC(=O)N=c2sc3cc(Cl)ccc3n2CCOC)sc2c1CCC(C)C2. The van der Waals surface area contributed by atoms with Crippen molar-refractivity contribution in [3.8, 4) is 0 Å². The van der Waals surface area contributed by atoms with Crippen molar-refractivity contribution in [3.05, 3.63) is 44.0 Å². The van der Waals surface area contributed by atoms with E-state index in [0.29, 0.717) is 35.3 Å². The highest BCUT2D eigenvalue weighted by Gasteiger charge is 2.30. The Morgan fingerprint density at radius 2 is 2.00 bits per heavy atom. The lowest BCUT2D eigenvalue weighted by molar-refractivity contribution is -0.115. The predicted molar refractivity (Wildman–Crippen MR) is 156 cm³/mol. The quantitative estimate of drug-likeness (QED) is 0.338. The minimum absolute atomic E-state index is 0.172. The van der Waals surface area contributed by atoms with Gasteiger partial charge in [0.2, 0.25) is 5.91 Å². The molecule has 1 atom stereocenters. The number of fused-ring (bicyclic) bond motifs is 2. The Morgan fingerprint density at radius 3 is 2.73 bits per heavy atom. The van der Waals surface area contributed by atoms with Gasteiger partial charge in [-0.3, -0.25) is 9.59 Å². The van der Waals surface area contributed by atoms with Crippen molar-refractivity contribution in [3.63, 3.8) is 0 Å². The second kappa shape index (κ2) is 12.9. The van der Waals surface area contributed by atoms with Crippen molar-refractivity contribution in [2.24, 2.45) is 10.9 Å². The molecule has 0 radical (unpaired) electrons. The summed E-state index contributed by atoms with van der Waals surface area (Å²) < 4.78 is 38.5. The van der Waals surface area contributed by atoms with Crippen molar-refractivity contribution < 1.29 is 32.3 Å². The van der Waals surface area contributed by atoms with Crippen LogP contribution in [0.2, 0.25) is 5.02 Å². The van der Waals surface area contributed by atoms with Gasteiger partial charge in [-0.25, -0.2) is 13.2 Å². The fourth-order valence-electron chi connectivity index (χ4n) is 4.53. The van der Waals surface area contributed by atoms with Crippen LogP contribution in [0.25, 0.3) is 10.2 Å². The molecule has 1 N–H and O–H groups in total. The number of thiazole rings is 1. The van der Waals surface area contributed by atoms with Gasteiger partial charge in [-0.1, -0.05) is 29.9 Å². The molecule has 0 spiro atoms. The number of ether oxygens (including phenoxy) is 2. The maximum atomic E-state index is 12.8. The second-order valence-electron chi connectivity index (χ2n) is 9.50. The van der Waals surface area contributed by atoms with Crippen LogP contribution >= 0.6 is 34.3 Å². The Bertz CT molecular complexity index is 1620. The monoisotopic (exact) mass is 627 g/mol. The van der Waals surface area contributed by atoms with E-state index < -0.39 is 39.1 Å². The Kier molecular flexibility index (Phi) is 9.83. The molecule has 2 amide bonds. The number of rotatable bonds is 10. The van der Waals surface area contributed by atoms with Gasteiger partial charge in [0.05, 0.1) is 29.0 Å². The highest BCUT2D eigenvalue weighted by molar-refractivity contribution is 7.92. The molecular weight excluding hydrogens is 598 g/mol. The van der Waals surface area contributed by atoms with Gasteiger partial charge in [0.25, 0.3) is 5.91 Å². The molecule has 14 heteroatoms.